The van der Waals surface area contributed by atoms with Gasteiger partial charge in [-0.05, 0) is 17.7 Å². The fourth-order valence-electron chi connectivity index (χ4n) is 1.02. The Kier molecular flexibility index (Phi) is 3.56. The normalized spacial score (nSPS) is 9.33. The third-order valence-electron chi connectivity index (χ3n) is 1.81. The Morgan fingerprint density at radius 3 is 2.33 bits per heavy atom. The molecule has 0 radical (unpaired) electrons. The van der Waals surface area contributed by atoms with Crippen LogP contribution in [-0.4, -0.2) is 18.1 Å². The maximum Gasteiger partial charge on any atom is 0.284 e. The Labute approximate surface area is 86.3 Å². The summed E-state index contributed by atoms with van der Waals surface area (Å²) in [5.74, 6) is -1.17. The van der Waals surface area contributed by atoms with Gasteiger partial charge in [-0.2, -0.15) is 0 Å². The standard InChI is InChI=1S/C10H10N2O3/c11-10(15)8-3-1-7(2-4-8)5-12-9(14)6-13/h1-4,6H,5H2,(H2,11,15)(H,12,14). The lowest BCUT2D eigenvalue weighted by Crippen LogP contribution is -2.23. The number of nitrogens with one attached hydrogen (secondary N) is 1. The molecule has 0 unspecified atom stereocenters. The number of benzene rings is 1. The summed E-state index contributed by atoms with van der Waals surface area (Å²) >= 11 is 0. The first-order valence-electron chi connectivity index (χ1n) is 4.25. The molecule has 5 heteroatoms. The number of carbonyl (C=O) groups is 3. The Hall–Kier alpha value is -2.17. The lowest BCUT2D eigenvalue weighted by Gasteiger charge is -2.02. The number of rotatable bonds is 4. The molecule has 0 saturated heterocycles. The van der Waals surface area contributed by atoms with Gasteiger partial charge >= 0.3 is 0 Å². The summed E-state index contributed by atoms with van der Waals surface area (Å²) in [5.41, 5.74) is 6.24. The highest BCUT2D eigenvalue weighted by Gasteiger charge is 2.01. The van der Waals surface area contributed by atoms with Gasteiger partial charge in [0.2, 0.25) is 12.2 Å². The molecule has 0 aromatic heterocycles. The highest BCUT2D eigenvalue weighted by atomic mass is 16.2. The molecular formula is C10H10N2O3. The molecule has 3 N–H and O–H groups in total. The maximum atomic E-state index is 10.7. The highest BCUT2D eigenvalue weighted by Crippen LogP contribution is 2.03. The van der Waals surface area contributed by atoms with Crippen molar-refractivity contribution in [2.75, 3.05) is 0 Å². The molecule has 0 spiro atoms. The zero-order valence-electron chi connectivity index (χ0n) is 7.90. The monoisotopic (exact) mass is 206 g/mol. The number of carbonyl (C=O) groups excluding carboxylic acids is 3. The lowest BCUT2D eigenvalue weighted by atomic mass is 10.1. The van der Waals surface area contributed by atoms with E-state index in [-0.39, 0.29) is 12.8 Å². The topological polar surface area (TPSA) is 89.3 Å². The Morgan fingerprint density at radius 2 is 1.87 bits per heavy atom. The zero-order valence-corrected chi connectivity index (χ0v) is 7.90. The van der Waals surface area contributed by atoms with Gasteiger partial charge in [-0.15, -0.1) is 0 Å². The minimum atomic E-state index is -0.672. The van der Waals surface area contributed by atoms with Crippen LogP contribution >= 0.6 is 0 Å². The van der Waals surface area contributed by atoms with Crippen molar-refractivity contribution in [1.29, 1.82) is 0 Å². The van der Waals surface area contributed by atoms with E-state index >= 15 is 0 Å². The Morgan fingerprint density at radius 1 is 1.27 bits per heavy atom. The van der Waals surface area contributed by atoms with E-state index in [1.165, 1.54) is 0 Å². The van der Waals surface area contributed by atoms with Gasteiger partial charge < -0.3 is 11.1 Å². The summed E-state index contributed by atoms with van der Waals surface area (Å²) in [5, 5.41) is 2.37. The summed E-state index contributed by atoms with van der Waals surface area (Å²) in [6, 6.07) is 6.44. The molecule has 0 heterocycles. The number of aldehydes is 1. The van der Waals surface area contributed by atoms with Gasteiger partial charge in [0.25, 0.3) is 5.91 Å². The molecule has 15 heavy (non-hydrogen) atoms. The predicted octanol–water partition coefficient (Wildman–Crippen LogP) is -0.399. The van der Waals surface area contributed by atoms with Crippen molar-refractivity contribution in [1.82, 2.24) is 5.32 Å². The predicted molar refractivity (Wildman–Crippen MR) is 52.9 cm³/mol. The summed E-state index contributed by atoms with van der Waals surface area (Å²) < 4.78 is 0. The van der Waals surface area contributed by atoms with E-state index in [1.807, 2.05) is 0 Å². The van der Waals surface area contributed by atoms with E-state index in [1.54, 1.807) is 24.3 Å². The van der Waals surface area contributed by atoms with Crippen molar-refractivity contribution >= 4 is 18.1 Å². The summed E-state index contributed by atoms with van der Waals surface area (Å²) in [6.45, 7) is 0.247. The number of hydrogen-bond acceptors (Lipinski definition) is 3. The van der Waals surface area contributed by atoms with E-state index in [9.17, 15) is 14.4 Å². The third kappa shape index (κ3) is 3.22. The second-order valence-corrected chi connectivity index (χ2v) is 2.90. The molecule has 0 aliphatic rings. The highest BCUT2D eigenvalue weighted by molar-refractivity contribution is 6.23. The fourth-order valence-corrected chi connectivity index (χ4v) is 1.02. The van der Waals surface area contributed by atoms with Crippen LogP contribution in [0.4, 0.5) is 0 Å². The van der Waals surface area contributed by atoms with Crippen LogP contribution in [0.3, 0.4) is 0 Å². The molecule has 2 amide bonds. The lowest BCUT2D eigenvalue weighted by molar-refractivity contribution is -0.131. The van der Waals surface area contributed by atoms with Crippen molar-refractivity contribution in [3.63, 3.8) is 0 Å². The Bertz CT molecular complexity index is 384. The SMILES string of the molecule is NC(=O)c1ccc(CNC(=O)C=O)cc1. The minimum Gasteiger partial charge on any atom is -0.366 e. The van der Waals surface area contributed by atoms with Gasteiger partial charge in [0.1, 0.15) is 0 Å². The summed E-state index contributed by atoms with van der Waals surface area (Å²) in [6.07, 6.45) is 0.206. The van der Waals surface area contributed by atoms with Gasteiger partial charge in [0, 0.05) is 12.1 Å². The van der Waals surface area contributed by atoms with Gasteiger partial charge in [-0.1, -0.05) is 12.1 Å². The molecule has 78 valence electrons. The quantitative estimate of drug-likeness (QED) is 0.519. The van der Waals surface area contributed by atoms with Crippen LogP contribution in [0.1, 0.15) is 15.9 Å². The molecule has 0 fully saturated rings. The fraction of sp³-hybridized carbons (Fsp3) is 0.100. The molecule has 0 aliphatic heterocycles. The van der Waals surface area contributed by atoms with Crippen molar-refractivity contribution in [2.45, 2.75) is 6.54 Å². The second-order valence-electron chi connectivity index (χ2n) is 2.90. The van der Waals surface area contributed by atoms with Gasteiger partial charge in [0.15, 0.2) is 0 Å². The number of primary amides is 1. The largest absolute Gasteiger partial charge is 0.366 e. The zero-order chi connectivity index (χ0) is 11.3. The van der Waals surface area contributed by atoms with Crippen molar-refractivity contribution in [2.24, 2.45) is 5.73 Å². The first-order chi connectivity index (χ1) is 7.13. The average Bonchev–Trinajstić information content (AvgIpc) is 2.26. The van der Waals surface area contributed by atoms with Crippen LogP contribution in [0, 0.1) is 0 Å². The van der Waals surface area contributed by atoms with Crippen LogP contribution < -0.4 is 11.1 Å². The van der Waals surface area contributed by atoms with Crippen molar-refractivity contribution < 1.29 is 14.4 Å². The first-order valence-corrected chi connectivity index (χ1v) is 4.25. The maximum absolute atomic E-state index is 10.7. The number of nitrogens with two attached hydrogens (primary N) is 1. The van der Waals surface area contributed by atoms with Gasteiger partial charge in [0.05, 0.1) is 0 Å². The molecule has 0 bridgehead atoms. The summed E-state index contributed by atoms with van der Waals surface area (Å²) in [4.78, 5) is 31.3. The van der Waals surface area contributed by atoms with Crippen LogP contribution in [-0.2, 0) is 16.1 Å². The molecule has 0 atom stereocenters. The van der Waals surface area contributed by atoms with Gasteiger partial charge in [-0.3, -0.25) is 14.4 Å². The smallest absolute Gasteiger partial charge is 0.284 e. The van der Waals surface area contributed by atoms with Crippen molar-refractivity contribution in [3.05, 3.63) is 35.4 Å². The molecule has 1 aromatic rings. The molecule has 0 saturated carbocycles. The van der Waals surface area contributed by atoms with Gasteiger partial charge in [-0.25, -0.2) is 0 Å². The minimum absolute atomic E-state index is 0.206. The second kappa shape index (κ2) is 4.90. The van der Waals surface area contributed by atoms with E-state index in [0.717, 1.165) is 5.56 Å². The molecule has 0 aliphatic carbocycles. The summed E-state index contributed by atoms with van der Waals surface area (Å²) in [7, 11) is 0. The van der Waals surface area contributed by atoms with E-state index in [4.69, 9.17) is 5.73 Å². The van der Waals surface area contributed by atoms with E-state index in [2.05, 4.69) is 5.32 Å². The van der Waals surface area contributed by atoms with Crippen LogP contribution in [0.5, 0.6) is 0 Å². The molecule has 1 rings (SSSR count). The van der Waals surface area contributed by atoms with E-state index in [0.29, 0.717) is 5.56 Å². The molecule has 1 aromatic carbocycles. The Balaban J connectivity index is 2.60. The molecule has 5 nitrogen and oxygen atoms in total. The average molecular weight is 206 g/mol. The van der Waals surface area contributed by atoms with Crippen LogP contribution in [0.25, 0.3) is 0 Å². The number of hydrogen-bond donors (Lipinski definition) is 2. The van der Waals surface area contributed by atoms with Crippen LogP contribution in [0.15, 0.2) is 24.3 Å². The van der Waals surface area contributed by atoms with E-state index < -0.39 is 11.8 Å². The first kappa shape index (κ1) is 10.9. The third-order valence-corrected chi connectivity index (χ3v) is 1.81. The number of amides is 2. The van der Waals surface area contributed by atoms with Crippen molar-refractivity contribution in [3.8, 4) is 0 Å². The van der Waals surface area contributed by atoms with Crippen LogP contribution in [0.2, 0.25) is 0 Å². The molecular weight excluding hydrogens is 196 g/mol.